The lowest BCUT2D eigenvalue weighted by Gasteiger charge is -2.22. The van der Waals surface area contributed by atoms with Crippen molar-refractivity contribution in [2.75, 3.05) is 5.75 Å². The van der Waals surface area contributed by atoms with Crippen LogP contribution in [0.1, 0.15) is 194 Å². The second-order valence-electron chi connectivity index (χ2n) is 13.7. The molecule has 0 saturated carbocycles. The molecule has 1 amide bonds. The number of aliphatic hydroxyl groups is 2. The summed E-state index contributed by atoms with van der Waals surface area (Å²) in [5.41, 5.74) is 0. The van der Waals surface area contributed by atoms with Crippen LogP contribution in [0.4, 0.5) is 0 Å². The first-order chi connectivity index (χ1) is 22.7. The fourth-order valence-corrected chi connectivity index (χ4v) is 6.66. The molecule has 0 fully saturated rings. The zero-order valence-electron chi connectivity index (χ0n) is 30.5. The number of nitrogens with one attached hydrogen (secondary N) is 1. The molecular formula is C39H75NO6S. The highest BCUT2D eigenvalue weighted by atomic mass is 32.2. The number of unbranched alkanes of at least 4 members (excludes halogenated alkanes) is 24. The molecule has 0 aromatic rings. The van der Waals surface area contributed by atoms with Gasteiger partial charge in [0.1, 0.15) is 6.10 Å². The van der Waals surface area contributed by atoms with Crippen molar-refractivity contribution < 1.29 is 28.0 Å². The van der Waals surface area contributed by atoms with E-state index in [0.717, 1.165) is 44.9 Å². The van der Waals surface area contributed by atoms with Crippen molar-refractivity contribution in [3.8, 4) is 0 Å². The third kappa shape index (κ3) is 33.1. The summed E-state index contributed by atoms with van der Waals surface area (Å²) in [6, 6.07) is -1.23. The van der Waals surface area contributed by atoms with E-state index in [-0.39, 0.29) is 6.42 Å². The summed E-state index contributed by atoms with van der Waals surface area (Å²) in [6.45, 7) is 4.48. The first-order valence-corrected chi connectivity index (χ1v) is 21.3. The van der Waals surface area contributed by atoms with Gasteiger partial charge in [-0.1, -0.05) is 173 Å². The van der Waals surface area contributed by atoms with E-state index in [1.54, 1.807) is 6.08 Å². The summed E-state index contributed by atoms with van der Waals surface area (Å²) in [7, 11) is -4.44. The predicted molar refractivity (Wildman–Crippen MR) is 199 cm³/mol. The zero-order valence-corrected chi connectivity index (χ0v) is 31.3. The lowest BCUT2D eigenvalue weighted by atomic mass is 10.0. The van der Waals surface area contributed by atoms with Crippen molar-refractivity contribution in [1.82, 2.24) is 5.32 Å². The van der Waals surface area contributed by atoms with E-state index in [0.29, 0.717) is 6.42 Å². The first kappa shape index (κ1) is 45.8. The van der Waals surface area contributed by atoms with Crippen molar-refractivity contribution in [3.05, 3.63) is 24.3 Å². The molecule has 0 aliphatic heterocycles. The average Bonchev–Trinajstić information content (AvgIpc) is 3.03. The van der Waals surface area contributed by atoms with Crippen LogP contribution in [0, 0.1) is 0 Å². The molecule has 3 atom stereocenters. The number of allylic oxidation sites excluding steroid dienone is 3. The normalized spacial score (nSPS) is 14.2. The number of aliphatic hydroxyl groups excluding tert-OH is 2. The molecule has 0 heterocycles. The highest BCUT2D eigenvalue weighted by molar-refractivity contribution is 7.85. The van der Waals surface area contributed by atoms with Gasteiger partial charge in [0.05, 0.1) is 17.9 Å². The summed E-state index contributed by atoms with van der Waals surface area (Å²) >= 11 is 0. The molecule has 3 unspecified atom stereocenters. The molecule has 0 spiro atoms. The van der Waals surface area contributed by atoms with Crippen molar-refractivity contribution in [2.24, 2.45) is 0 Å². The molecule has 0 aromatic carbocycles. The van der Waals surface area contributed by atoms with Crippen LogP contribution in [-0.2, 0) is 14.9 Å². The van der Waals surface area contributed by atoms with E-state index in [2.05, 4.69) is 31.3 Å². The Morgan fingerprint density at radius 1 is 0.574 bits per heavy atom. The molecule has 4 N–H and O–H groups in total. The van der Waals surface area contributed by atoms with Gasteiger partial charge < -0.3 is 15.5 Å². The Morgan fingerprint density at radius 2 is 0.936 bits per heavy atom. The van der Waals surface area contributed by atoms with Crippen LogP contribution >= 0.6 is 0 Å². The third-order valence-corrected chi connectivity index (χ3v) is 9.76. The van der Waals surface area contributed by atoms with E-state index in [4.69, 9.17) is 0 Å². The molecule has 0 saturated heterocycles. The molecule has 0 bridgehead atoms. The smallest absolute Gasteiger partial charge is 0.267 e. The Balaban J connectivity index is 4.08. The van der Waals surface area contributed by atoms with Crippen LogP contribution in [0.2, 0.25) is 0 Å². The van der Waals surface area contributed by atoms with Crippen molar-refractivity contribution in [3.63, 3.8) is 0 Å². The minimum Gasteiger partial charge on any atom is -0.387 e. The molecule has 7 nitrogen and oxygen atoms in total. The number of amides is 1. The molecule has 47 heavy (non-hydrogen) atoms. The van der Waals surface area contributed by atoms with Crippen LogP contribution in [0.5, 0.6) is 0 Å². The molecular weight excluding hydrogens is 610 g/mol. The summed E-state index contributed by atoms with van der Waals surface area (Å²) in [6.07, 6.45) is 38.0. The molecule has 0 rings (SSSR count). The number of hydrogen-bond acceptors (Lipinski definition) is 5. The highest BCUT2D eigenvalue weighted by Gasteiger charge is 2.27. The second kappa shape index (κ2) is 33.3. The molecule has 8 heteroatoms. The van der Waals surface area contributed by atoms with E-state index >= 15 is 0 Å². The number of carbonyl (C=O) groups is 1. The zero-order chi connectivity index (χ0) is 34.9. The van der Waals surface area contributed by atoms with E-state index in [9.17, 15) is 28.0 Å². The fourth-order valence-electron chi connectivity index (χ4n) is 5.92. The Bertz CT molecular complexity index is 860. The van der Waals surface area contributed by atoms with E-state index in [1.807, 2.05) is 0 Å². The minimum atomic E-state index is -4.44. The maximum atomic E-state index is 12.6. The standard InChI is InChI=1S/C39H75NO6S/c1-3-5-7-9-11-13-15-17-19-20-22-23-25-27-29-31-33-37(41)36(35-47(44,45)46)40-39(43)38(42)34-32-30-28-26-24-21-18-16-14-12-10-8-6-4-2/h14,16,31,33,36-38,41-42H,3-13,15,17-30,32,34-35H2,1-2H3,(H,40,43)(H,44,45,46)/b16-14-,33-31+. The van der Waals surface area contributed by atoms with Crippen LogP contribution in [0.3, 0.4) is 0 Å². The van der Waals surface area contributed by atoms with Gasteiger partial charge in [-0.2, -0.15) is 8.42 Å². The number of rotatable bonds is 35. The van der Waals surface area contributed by atoms with Gasteiger partial charge in [-0.05, 0) is 44.9 Å². The molecule has 0 aliphatic rings. The summed E-state index contributed by atoms with van der Waals surface area (Å²) in [4.78, 5) is 12.6. The summed E-state index contributed by atoms with van der Waals surface area (Å²) in [5, 5.41) is 23.3. The summed E-state index contributed by atoms with van der Waals surface area (Å²) in [5.74, 6) is -1.54. The maximum absolute atomic E-state index is 12.6. The third-order valence-electron chi connectivity index (χ3n) is 8.98. The van der Waals surface area contributed by atoms with Crippen molar-refractivity contribution in [2.45, 2.75) is 212 Å². The van der Waals surface area contributed by atoms with Gasteiger partial charge in [-0.15, -0.1) is 0 Å². The van der Waals surface area contributed by atoms with Crippen LogP contribution in [0.15, 0.2) is 24.3 Å². The molecule has 278 valence electrons. The van der Waals surface area contributed by atoms with Gasteiger partial charge in [0, 0.05) is 0 Å². The Kier molecular flexibility index (Phi) is 32.4. The minimum absolute atomic E-state index is 0.274. The fraction of sp³-hybridized carbons (Fsp3) is 0.872. The molecule has 0 aliphatic carbocycles. The van der Waals surface area contributed by atoms with Gasteiger partial charge in [0.2, 0.25) is 5.91 Å². The topological polar surface area (TPSA) is 124 Å². The van der Waals surface area contributed by atoms with Gasteiger partial charge in [0.25, 0.3) is 10.1 Å². The van der Waals surface area contributed by atoms with Gasteiger partial charge in [0.15, 0.2) is 0 Å². The van der Waals surface area contributed by atoms with Crippen LogP contribution in [-0.4, -0.2) is 53.1 Å². The van der Waals surface area contributed by atoms with Gasteiger partial charge in [-0.25, -0.2) is 0 Å². The molecule has 0 radical (unpaired) electrons. The Morgan fingerprint density at radius 3 is 1.36 bits per heavy atom. The lowest BCUT2D eigenvalue weighted by Crippen LogP contribution is -2.50. The quantitative estimate of drug-likeness (QED) is 0.0299. The van der Waals surface area contributed by atoms with Crippen LogP contribution < -0.4 is 5.32 Å². The lowest BCUT2D eigenvalue weighted by molar-refractivity contribution is -0.130. The highest BCUT2D eigenvalue weighted by Crippen LogP contribution is 2.15. The summed E-state index contributed by atoms with van der Waals surface area (Å²) < 4.78 is 32.5. The van der Waals surface area contributed by atoms with Crippen LogP contribution in [0.25, 0.3) is 0 Å². The first-order valence-electron chi connectivity index (χ1n) is 19.6. The Hall–Kier alpha value is -1.22. The SMILES string of the molecule is CCCCCC/C=C\CCCCCCCCC(O)C(=O)NC(CS(=O)(=O)O)C(O)/C=C/CCCCCCCCCCCCCCCC. The number of hydrogen-bond donors (Lipinski definition) is 4. The van der Waals surface area contributed by atoms with Gasteiger partial charge >= 0.3 is 0 Å². The monoisotopic (exact) mass is 686 g/mol. The van der Waals surface area contributed by atoms with Crippen molar-refractivity contribution in [1.29, 1.82) is 0 Å². The molecule has 0 aromatic heterocycles. The van der Waals surface area contributed by atoms with E-state index in [1.165, 1.54) is 128 Å². The Labute approximate surface area is 290 Å². The number of carbonyl (C=O) groups excluding carboxylic acids is 1. The predicted octanol–water partition coefficient (Wildman–Crippen LogP) is 10.2. The van der Waals surface area contributed by atoms with Crippen molar-refractivity contribution >= 4 is 16.0 Å². The largest absolute Gasteiger partial charge is 0.387 e. The second-order valence-corrected chi connectivity index (χ2v) is 15.2. The average molecular weight is 686 g/mol. The van der Waals surface area contributed by atoms with Gasteiger partial charge in [-0.3, -0.25) is 9.35 Å². The maximum Gasteiger partial charge on any atom is 0.267 e. The van der Waals surface area contributed by atoms with E-state index < -0.39 is 40.0 Å².